The van der Waals surface area contributed by atoms with Crippen molar-refractivity contribution in [2.75, 3.05) is 10.0 Å². The van der Waals surface area contributed by atoms with Gasteiger partial charge in [0, 0.05) is 10.7 Å². The van der Waals surface area contributed by atoms with Crippen molar-refractivity contribution in [3.05, 3.63) is 53.6 Å². The zero-order valence-electron chi connectivity index (χ0n) is 10.7. The number of primary amides is 1. The van der Waals surface area contributed by atoms with E-state index in [2.05, 4.69) is 10.0 Å². The van der Waals surface area contributed by atoms with E-state index in [1.165, 1.54) is 30.3 Å². The Morgan fingerprint density at radius 2 is 1.67 bits per heavy atom. The quantitative estimate of drug-likeness (QED) is 0.805. The summed E-state index contributed by atoms with van der Waals surface area (Å²) in [4.78, 5) is 10.9. The van der Waals surface area contributed by atoms with E-state index in [4.69, 9.17) is 17.3 Å². The SMILES string of the molecule is NC(=O)Nc1cccc(NS(=O)(=O)c2ccc(Cl)cc2)c1. The van der Waals surface area contributed by atoms with Gasteiger partial charge in [0.05, 0.1) is 10.6 Å². The normalized spacial score (nSPS) is 10.9. The number of benzene rings is 2. The Bertz CT molecular complexity index is 760. The Labute approximate surface area is 127 Å². The van der Waals surface area contributed by atoms with Crippen molar-refractivity contribution >= 4 is 39.0 Å². The average Bonchev–Trinajstić information content (AvgIpc) is 2.38. The molecule has 0 bridgehead atoms. The molecule has 0 saturated heterocycles. The van der Waals surface area contributed by atoms with Crippen molar-refractivity contribution in [1.82, 2.24) is 0 Å². The van der Waals surface area contributed by atoms with Crippen molar-refractivity contribution in [3.8, 4) is 0 Å². The van der Waals surface area contributed by atoms with Gasteiger partial charge >= 0.3 is 6.03 Å². The predicted octanol–water partition coefficient (Wildman–Crippen LogP) is 2.63. The van der Waals surface area contributed by atoms with E-state index in [0.717, 1.165) is 0 Å². The van der Waals surface area contributed by atoms with Crippen LogP contribution in [-0.4, -0.2) is 14.4 Å². The van der Waals surface area contributed by atoms with Crippen LogP contribution in [0.25, 0.3) is 0 Å². The van der Waals surface area contributed by atoms with E-state index in [1.54, 1.807) is 18.2 Å². The first kappa shape index (κ1) is 15.1. The summed E-state index contributed by atoms with van der Waals surface area (Å²) < 4.78 is 26.8. The predicted molar refractivity (Wildman–Crippen MR) is 81.9 cm³/mol. The minimum Gasteiger partial charge on any atom is -0.351 e. The molecule has 0 aliphatic heterocycles. The van der Waals surface area contributed by atoms with E-state index >= 15 is 0 Å². The van der Waals surface area contributed by atoms with Gasteiger partial charge < -0.3 is 11.1 Å². The Morgan fingerprint density at radius 3 is 2.29 bits per heavy atom. The van der Waals surface area contributed by atoms with Gasteiger partial charge in [-0.3, -0.25) is 4.72 Å². The number of sulfonamides is 1. The lowest BCUT2D eigenvalue weighted by molar-refractivity contribution is 0.259. The second-order valence-corrected chi connectivity index (χ2v) is 6.25. The van der Waals surface area contributed by atoms with Crippen LogP contribution in [0.5, 0.6) is 0 Å². The maximum absolute atomic E-state index is 12.2. The van der Waals surface area contributed by atoms with Gasteiger partial charge in [-0.15, -0.1) is 0 Å². The number of carbonyl (C=O) groups is 1. The van der Waals surface area contributed by atoms with Crippen molar-refractivity contribution < 1.29 is 13.2 Å². The van der Waals surface area contributed by atoms with Crippen LogP contribution in [0.15, 0.2) is 53.4 Å². The van der Waals surface area contributed by atoms with Crippen LogP contribution in [0.1, 0.15) is 0 Å². The smallest absolute Gasteiger partial charge is 0.316 e. The summed E-state index contributed by atoms with van der Waals surface area (Å²) in [7, 11) is -3.73. The number of anilines is 2. The molecule has 2 aromatic rings. The molecule has 0 atom stereocenters. The maximum atomic E-state index is 12.2. The van der Waals surface area contributed by atoms with E-state index in [0.29, 0.717) is 16.4 Å². The number of hydrogen-bond donors (Lipinski definition) is 3. The number of rotatable bonds is 4. The summed E-state index contributed by atoms with van der Waals surface area (Å²) in [6.45, 7) is 0. The Balaban J connectivity index is 2.24. The lowest BCUT2D eigenvalue weighted by Gasteiger charge is -2.09. The fourth-order valence-corrected chi connectivity index (χ4v) is 2.81. The van der Waals surface area contributed by atoms with Crippen molar-refractivity contribution in [2.45, 2.75) is 4.90 Å². The van der Waals surface area contributed by atoms with Crippen LogP contribution in [0.3, 0.4) is 0 Å². The van der Waals surface area contributed by atoms with Gasteiger partial charge in [-0.25, -0.2) is 13.2 Å². The van der Waals surface area contributed by atoms with Gasteiger partial charge in [0.2, 0.25) is 0 Å². The highest BCUT2D eigenvalue weighted by Crippen LogP contribution is 2.20. The molecule has 8 heteroatoms. The largest absolute Gasteiger partial charge is 0.351 e. The third-order valence-corrected chi connectivity index (χ3v) is 4.16. The minimum atomic E-state index is -3.73. The Morgan fingerprint density at radius 1 is 1.05 bits per heavy atom. The molecular formula is C13H12ClN3O3S. The van der Waals surface area contributed by atoms with Crippen LogP contribution < -0.4 is 15.8 Å². The lowest BCUT2D eigenvalue weighted by atomic mass is 10.3. The molecule has 110 valence electrons. The van der Waals surface area contributed by atoms with Crippen LogP contribution >= 0.6 is 11.6 Å². The molecule has 0 radical (unpaired) electrons. The maximum Gasteiger partial charge on any atom is 0.316 e. The summed E-state index contributed by atoms with van der Waals surface area (Å²) in [5, 5.41) is 2.81. The molecule has 0 unspecified atom stereocenters. The molecule has 0 heterocycles. The highest BCUT2D eigenvalue weighted by atomic mass is 35.5. The molecule has 0 aliphatic rings. The van der Waals surface area contributed by atoms with Gasteiger partial charge in [0.1, 0.15) is 0 Å². The number of urea groups is 1. The molecule has 0 saturated carbocycles. The molecule has 6 nitrogen and oxygen atoms in total. The Hall–Kier alpha value is -2.25. The van der Waals surface area contributed by atoms with Crippen molar-refractivity contribution in [1.29, 1.82) is 0 Å². The zero-order chi connectivity index (χ0) is 15.5. The monoisotopic (exact) mass is 325 g/mol. The van der Waals surface area contributed by atoms with E-state index in [1.807, 2.05) is 0 Å². The lowest BCUT2D eigenvalue weighted by Crippen LogP contribution is -2.19. The second-order valence-electron chi connectivity index (χ2n) is 4.13. The first-order valence-electron chi connectivity index (χ1n) is 5.82. The molecule has 2 rings (SSSR count). The molecular weight excluding hydrogens is 314 g/mol. The molecule has 0 aromatic heterocycles. The number of halogens is 1. The number of hydrogen-bond acceptors (Lipinski definition) is 3. The zero-order valence-corrected chi connectivity index (χ0v) is 12.3. The van der Waals surface area contributed by atoms with Gasteiger partial charge in [0.15, 0.2) is 0 Å². The fourth-order valence-electron chi connectivity index (χ4n) is 1.63. The van der Waals surface area contributed by atoms with E-state index in [9.17, 15) is 13.2 Å². The van der Waals surface area contributed by atoms with Crippen LogP contribution in [0, 0.1) is 0 Å². The van der Waals surface area contributed by atoms with Crippen molar-refractivity contribution in [2.24, 2.45) is 5.73 Å². The molecule has 2 amide bonds. The van der Waals surface area contributed by atoms with E-state index in [-0.39, 0.29) is 4.90 Å². The topological polar surface area (TPSA) is 101 Å². The van der Waals surface area contributed by atoms with Crippen molar-refractivity contribution in [3.63, 3.8) is 0 Å². The van der Waals surface area contributed by atoms with Gasteiger partial charge in [-0.2, -0.15) is 0 Å². The molecule has 0 spiro atoms. The first-order chi connectivity index (χ1) is 9.87. The number of nitrogens with one attached hydrogen (secondary N) is 2. The summed E-state index contributed by atoms with van der Waals surface area (Å²) in [6, 6.07) is 11.2. The summed E-state index contributed by atoms with van der Waals surface area (Å²) in [5.41, 5.74) is 5.70. The van der Waals surface area contributed by atoms with E-state index < -0.39 is 16.1 Å². The standard InChI is InChI=1S/C13H12ClN3O3S/c14-9-4-6-12(7-5-9)21(19,20)17-11-3-1-2-10(8-11)16-13(15)18/h1-8,17H,(H3,15,16,18). The fraction of sp³-hybridized carbons (Fsp3) is 0. The highest BCUT2D eigenvalue weighted by molar-refractivity contribution is 7.92. The van der Waals surface area contributed by atoms with Crippen LogP contribution in [-0.2, 0) is 10.0 Å². The molecule has 4 N–H and O–H groups in total. The first-order valence-corrected chi connectivity index (χ1v) is 7.68. The summed E-state index contributed by atoms with van der Waals surface area (Å²) in [5.74, 6) is 0. The number of nitrogens with two attached hydrogens (primary N) is 1. The van der Waals surface area contributed by atoms with Gasteiger partial charge in [-0.05, 0) is 42.5 Å². The Kier molecular flexibility index (Phi) is 4.35. The molecule has 2 aromatic carbocycles. The highest BCUT2D eigenvalue weighted by Gasteiger charge is 2.14. The average molecular weight is 326 g/mol. The van der Waals surface area contributed by atoms with Gasteiger partial charge in [-0.1, -0.05) is 17.7 Å². The summed E-state index contributed by atoms with van der Waals surface area (Å²) >= 11 is 5.72. The summed E-state index contributed by atoms with van der Waals surface area (Å²) in [6.07, 6.45) is 0. The van der Waals surface area contributed by atoms with Gasteiger partial charge in [0.25, 0.3) is 10.0 Å². The third kappa shape index (κ3) is 4.11. The molecule has 21 heavy (non-hydrogen) atoms. The molecule has 0 fully saturated rings. The second kappa shape index (κ2) is 6.02. The van der Waals surface area contributed by atoms with Crippen LogP contribution in [0.4, 0.5) is 16.2 Å². The number of carbonyl (C=O) groups excluding carboxylic acids is 1. The minimum absolute atomic E-state index is 0.0835. The number of amides is 2. The third-order valence-electron chi connectivity index (χ3n) is 2.51. The van der Waals surface area contributed by atoms with Crippen LogP contribution in [0.2, 0.25) is 5.02 Å². The molecule has 0 aliphatic carbocycles.